The molecule has 2 atom stereocenters. The Balaban J connectivity index is 1.56. The average molecular weight is 481 g/mol. The maximum Gasteiger partial charge on any atom is 0.407 e. The van der Waals surface area contributed by atoms with Crippen LogP contribution in [0.5, 0.6) is 0 Å². The summed E-state index contributed by atoms with van der Waals surface area (Å²) >= 11 is 0. The number of rotatable bonds is 11. The molecule has 0 aromatic heterocycles. The van der Waals surface area contributed by atoms with E-state index >= 15 is 0 Å². The van der Waals surface area contributed by atoms with Gasteiger partial charge in [-0.1, -0.05) is 76.2 Å². The Labute approximate surface area is 207 Å². The second-order valence-electron chi connectivity index (χ2n) is 9.93. The third-order valence-electron chi connectivity index (χ3n) is 6.60. The summed E-state index contributed by atoms with van der Waals surface area (Å²) in [6.45, 7) is 8.01. The van der Waals surface area contributed by atoms with E-state index in [1.165, 1.54) is 0 Å². The minimum atomic E-state index is -1.05. The Morgan fingerprint density at radius 2 is 1.49 bits per heavy atom. The lowest BCUT2D eigenvalue weighted by Gasteiger charge is -2.24. The summed E-state index contributed by atoms with van der Waals surface area (Å²) in [6, 6.07) is 15.3. The van der Waals surface area contributed by atoms with E-state index in [9.17, 15) is 19.5 Å². The molecule has 1 aliphatic carbocycles. The van der Waals surface area contributed by atoms with Gasteiger partial charge in [0.25, 0.3) is 0 Å². The van der Waals surface area contributed by atoms with Crippen LogP contribution < -0.4 is 10.6 Å². The zero-order valence-corrected chi connectivity index (χ0v) is 20.9. The first kappa shape index (κ1) is 26.3. The highest BCUT2D eigenvalue weighted by Gasteiger charge is 2.30. The van der Waals surface area contributed by atoms with Crippen LogP contribution in [0.4, 0.5) is 4.79 Å². The summed E-state index contributed by atoms with van der Waals surface area (Å²) in [5.41, 5.74) is 4.56. The minimum Gasteiger partial charge on any atom is -0.480 e. The van der Waals surface area contributed by atoms with E-state index in [0.717, 1.165) is 22.3 Å². The Bertz CT molecular complexity index is 1000. The molecule has 1 aliphatic rings. The number of carbonyl (C=O) groups is 3. The molecule has 2 unspecified atom stereocenters. The number of fused-ring (bicyclic) bond motifs is 3. The van der Waals surface area contributed by atoms with Crippen molar-refractivity contribution >= 4 is 18.0 Å². The number of aliphatic carboxylic acids is 1. The van der Waals surface area contributed by atoms with E-state index in [2.05, 4.69) is 34.9 Å². The normalized spacial score (nSPS) is 14.2. The number of hydrogen-bond donors (Lipinski definition) is 3. The fourth-order valence-electron chi connectivity index (χ4n) is 4.51. The molecule has 2 aromatic rings. The minimum absolute atomic E-state index is 0.0466. The molecule has 3 rings (SSSR count). The number of amides is 2. The smallest absolute Gasteiger partial charge is 0.407 e. The monoisotopic (exact) mass is 480 g/mol. The highest BCUT2D eigenvalue weighted by atomic mass is 16.5. The van der Waals surface area contributed by atoms with Gasteiger partial charge in [0, 0.05) is 12.5 Å². The number of carboxylic acids is 1. The molecule has 0 heterocycles. The maximum absolute atomic E-state index is 12.8. The van der Waals surface area contributed by atoms with Crippen LogP contribution in [0.1, 0.15) is 57.6 Å². The molecule has 7 nitrogen and oxygen atoms in total. The number of benzene rings is 2. The van der Waals surface area contributed by atoms with Gasteiger partial charge in [-0.15, -0.1) is 0 Å². The van der Waals surface area contributed by atoms with Crippen molar-refractivity contribution in [2.45, 2.75) is 52.5 Å². The Kier molecular flexibility index (Phi) is 8.90. The highest BCUT2D eigenvalue weighted by molar-refractivity contribution is 5.85. The molecule has 0 aliphatic heterocycles. The Morgan fingerprint density at radius 1 is 0.914 bits per heavy atom. The van der Waals surface area contributed by atoms with Crippen LogP contribution in [0.2, 0.25) is 0 Å². The van der Waals surface area contributed by atoms with Crippen LogP contribution >= 0.6 is 0 Å². The van der Waals surface area contributed by atoms with Crippen molar-refractivity contribution < 1.29 is 24.2 Å². The number of hydrogen-bond acceptors (Lipinski definition) is 4. The van der Waals surface area contributed by atoms with E-state index in [4.69, 9.17) is 4.74 Å². The summed E-state index contributed by atoms with van der Waals surface area (Å²) in [6.07, 6.45) is 0.463. The second-order valence-corrected chi connectivity index (χ2v) is 9.93. The quantitative estimate of drug-likeness (QED) is 0.428. The molecule has 188 valence electrons. The predicted octanol–water partition coefficient (Wildman–Crippen LogP) is 4.80. The van der Waals surface area contributed by atoms with E-state index in [1.807, 2.05) is 52.0 Å². The van der Waals surface area contributed by atoms with Gasteiger partial charge in [-0.3, -0.25) is 4.79 Å². The topological polar surface area (TPSA) is 105 Å². The molecule has 0 fully saturated rings. The van der Waals surface area contributed by atoms with Crippen molar-refractivity contribution in [3.63, 3.8) is 0 Å². The van der Waals surface area contributed by atoms with Gasteiger partial charge in [0.1, 0.15) is 12.6 Å². The van der Waals surface area contributed by atoms with Gasteiger partial charge < -0.3 is 20.5 Å². The third kappa shape index (κ3) is 6.62. The van der Waals surface area contributed by atoms with Crippen molar-refractivity contribution in [2.24, 2.45) is 17.8 Å². The largest absolute Gasteiger partial charge is 0.480 e. The predicted molar refractivity (Wildman–Crippen MR) is 135 cm³/mol. The van der Waals surface area contributed by atoms with Gasteiger partial charge in [-0.2, -0.15) is 0 Å². The first-order chi connectivity index (χ1) is 16.7. The summed E-state index contributed by atoms with van der Waals surface area (Å²) < 4.78 is 5.56. The van der Waals surface area contributed by atoms with Gasteiger partial charge >= 0.3 is 12.1 Å². The van der Waals surface area contributed by atoms with Crippen LogP contribution in [0.3, 0.4) is 0 Å². The van der Waals surface area contributed by atoms with Gasteiger partial charge in [0.05, 0.1) is 5.92 Å². The Morgan fingerprint density at radius 3 is 2.00 bits per heavy atom. The molecule has 0 radical (unpaired) electrons. The number of carbonyl (C=O) groups excluding carboxylic acids is 2. The second kappa shape index (κ2) is 11.9. The lowest BCUT2D eigenvalue weighted by molar-refractivity contribution is -0.143. The van der Waals surface area contributed by atoms with Crippen molar-refractivity contribution in [3.8, 4) is 11.1 Å². The average Bonchev–Trinajstić information content (AvgIpc) is 3.13. The highest BCUT2D eigenvalue weighted by Crippen LogP contribution is 2.44. The van der Waals surface area contributed by atoms with Crippen molar-refractivity contribution in [2.75, 3.05) is 13.2 Å². The standard InChI is InChI=1S/C28H36N2O5/c1-17(2)13-14-25(27(32)33)30-26(31)23(18(3)4)15-29-28(34)35-16-24-21-11-7-5-9-19(21)20-10-6-8-12-22(20)24/h5-12,17-18,23-25H,13-16H2,1-4H3,(H,29,34)(H,30,31)(H,32,33). The van der Waals surface area contributed by atoms with Crippen LogP contribution in [0, 0.1) is 17.8 Å². The molecular weight excluding hydrogens is 444 g/mol. The number of ether oxygens (including phenoxy) is 1. The molecule has 2 aromatic carbocycles. The summed E-state index contributed by atoms with van der Waals surface area (Å²) in [7, 11) is 0. The van der Waals surface area contributed by atoms with Crippen molar-refractivity contribution in [3.05, 3.63) is 59.7 Å². The SMILES string of the molecule is CC(C)CCC(NC(=O)C(CNC(=O)OCC1c2ccccc2-c2ccccc21)C(C)C)C(=O)O. The van der Waals surface area contributed by atoms with Crippen LogP contribution in [-0.2, 0) is 14.3 Å². The molecule has 7 heteroatoms. The lowest BCUT2D eigenvalue weighted by atomic mass is 9.94. The van der Waals surface area contributed by atoms with E-state index in [0.29, 0.717) is 18.8 Å². The first-order valence-electron chi connectivity index (χ1n) is 12.3. The van der Waals surface area contributed by atoms with Gasteiger partial charge in [-0.05, 0) is 46.9 Å². The maximum atomic E-state index is 12.8. The first-order valence-corrected chi connectivity index (χ1v) is 12.3. The van der Waals surface area contributed by atoms with Crippen LogP contribution in [0.25, 0.3) is 11.1 Å². The molecule has 0 saturated heterocycles. The molecular formula is C28H36N2O5. The van der Waals surface area contributed by atoms with Gasteiger partial charge in [-0.25, -0.2) is 9.59 Å². The molecule has 35 heavy (non-hydrogen) atoms. The summed E-state index contributed by atoms with van der Waals surface area (Å²) in [4.78, 5) is 36.9. The zero-order valence-electron chi connectivity index (χ0n) is 20.9. The number of carboxylic acid groups (broad SMARTS) is 1. The van der Waals surface area contributed by atoms with Crippen LogP contribution in [-0.4, -0.2) is 42.3 Å². The summed E-state index contributed by atoms with van der Waals surface area (Å²) in [5, 5.41) is 14.8. The van der Waals surface area contributed by atoms with E-state index < -0.39 is 24.0 Å². The van der Waals surface area contributed by atoms with Crippen molar-refractivity contribution in [1.82, 2.24) is 10.6 Å². The Hall–Kier alpha value is -3.35. The third-order valence-corrected chi connectivity index (χ3v) is 6.60. The molecule has 0 bridgehead atoms. The lowest BCUT2D eigenvalue weighted by Crippen LogP contribution is -2.48. The number of alkyl carbamates (subject to hydrolysis) is 1. The molecule has 2 amide bonds. The van der Waals surface area contributed by atoms with Crippen molar-refractivity contribution in [1.29, 1.82) is 0 Å². The summed E-state index contributed by atoms with van der Waals surface area (Å²) in [5.74, 6) is -1.81. The molecule has 0 saturated carbocycles. The van der Waals surface area contributed by atoms with Gasteiger partial charge in [0.2, 0.25) is 5.91 Å². The molecule has 3 N–H and O–H groups in total. The van der Waals surface area contributed by atoms with E-state index in [-0.39, 0.29) is 30.9 Å². The molecule has 0 spiro atoms. The fourth-order valence-corrected chi connectivity index (χ4v) is 4.51. The zero-order chi connectivity index (χ0) is 25.5. The fraction of sp³-hybridized carbons (Fsp3) is 0.464. The van der Waals surface area contributed by atoms with E-state index in [1.54, 1.807) is 0 Å². The van der Waals surface area contributed by atoms with Crippen LogP contribution in [0.15, 0.2) is 48.5 Å². The number of nitrogens with one attached hydrogen (secondary N) is 2. The van der Waals surface area contributed by atoms with Gasteiger partial charge in [0.15, 0.2) is 0 Å².